The molecule has 0 unspecified atom stereocenters. The van der Waals surface area contributed by atoms with E-state index in [4.69, 9.17) is 4.74 Å². The highest BCUT2D eigenvalue weighted by atomic mass is 32.2. The molecule has 0 aliphatic heterocycles. The van der Waals surface area contributed by atoms with Gasteiger partial charge < -0.3 is 9.64 Å². The summed E-state index contributed by atoms with van der Waals surface area (Å²) in [4.78, 5) is 2.56. The zero-order valence-electron chi connectivity index (χ0n) is 19.1. The average Bonchev–Trinajstić information content (AvgIpc) is 2.84. The molecular formula is C26H32N2O3S. The second kappa shape index (κ2) is 11.2. The smallest absolute Gasteiger partial charge is 0.264 e. The normalized spacial score (nSPS) is 11.5. The van der Waals surface area contributed by atoms with Gasteiger partial charge in [0.05, 0.1) is 17.7 Å². The van der Waals surface area contributed by atoms with Gasteiger partial charge in [-0.1, -0.05) is 62.4 Å². The molecule has 0 aliphatic carbocycles. The summed E-state index contributed by atoms with van der Waals surface area (Å²) in [6.45, 7) is 7.38. The second-order valence-corrected chi connectivity index (χ2v) is 9.38. The minimum absolute atomic E-state index is 0.254. The lowest BCUT2D eigenvalue weighted by Crippen LogP contribution is -2.35. The number of ether oxygens (including phenoxy) is 1. The summed E-state index contributed by atoms with van der Waals surface area (Å²) in [5, 5.41) is 0. The number of hydrogen-bond acceptors (Lipinski definition) is 4. The minimum atomic E-state index is -3.76. The van der Waals surface area contributed by atoms with E-state index in [1.54, 1.807) is 35.7 Å². The van der Waals surface area contributed by atoms with Gasteiger partial charge in [-0.3, -0.25) is 4.31 Å². The highest BCUT2D eigenvalue weighted by Gasteiger charge is 2.27. The van der Waals surface area contributed by atoms with Crippen LogP contribution in [0.25, 0.3) is 11.1 Å². The third-order valence-corrected chi connectivity index (χ3v) is 7.46. The molecule has 3 aromatic rings. The lowest BCUT2D eigenvalue weighted by Gasteiger charge is -2.28. The summed E-state index contributed by atoms with van der Waals surface area (Å²) in [5.41, 5.74) is 2.57. The maximum atomic E-state index is 13.8. The van der Waals surface area contributed by atoms with Crippen molar-refractivity contribution >= 4 is 15.7 Å². The summed E-state index contributed by atoms with van der Waals surface area (Å²) in [7, 11) is -2.19. The van der Waals surface area contributed by atoms with Gasteiger partial charge in [0, 0.05) is 12.1 Å². The minimum Gasteiger partial charge on any atom is -0.497 e. The fourth-order valence-corrected chi connectivity index (χ4v) is 5.30. The van der Waals surface area contributed by atoms with Crippen LogP contribution in [0.1, 0.15) is 20.3 Å². The highest BCUT2D eigenvalue weighted by molar-refractivity contribution is 7.92. The lowest BCUT2D eigenvalue weighted by atomic mass is 10.0. The van der Waals surface area contributed by atoms with Crippen molar-refractivity contribution in [3.05, 3.63) is 78.9 Å². The van der Waals surface area contributed by atoms with Crippen molar-refractivity contribution in [2.75, 3.05) is 37.6 Å². The zero-order valence-corrected chi connectivity index (χ0v) is 19.9. The molecule has 0 amide bonds. The molecule has 170 valence electrons. The maximum absolute atomic E-state index is 13.8. The SMILES string of the molecule is CCN(CC)CCCN(c1ccccc1-c1ccccc1)S(=O)(=O)c1ccc(OC)cc1. The summed E-state index contributed by atoms with van der Waals surface area (Å²) in [5.74, 6) is 0.627. The topological polar surface area (TPSA) is 49.9 Å². The number of nitrogens with zero attached hydrogens (tertiary/aromatic N) is 2. The molecule has 0 spiro atoms. The van der Waals surface area contributed by atoms with E-state index in [-0.39, 0.29) is 4.90 Å². The van der Waals surface area contributed by atoms with Gasteiger partial charge in [-0.05, 0) is 62.0 Å². The first-order valence-electron chi connectivity index (χ1n) is 11.0. The number of rotatable bonds is 11. The Kier molecular flexibility index (Phi) is 8.31. The molecule has 0 heterocycles. The molecule has 0 atom stereocenters. The van der Waals surface area contributed by atoms with Crippen LogP contribution in [0.2, 0.25) is 0 Å². The van der Waals surface area contributed by atoms with Crippen LogP contribution in [-0.4, -0.2) is 46.6 Å². The molecule has 0 saturated heterocycles. The molecule has 0 fully saturated rings. The summed E-state index contributed by atoms with van der Waals surface area (Å²) < 4.78 is 34.4. The van der Waals surface area contributed by atoms with Gasteiger partial charge in [-0.25, -0.2) is 8.42 Å². The number of anilines is 1. The average molecular weight is 453 g/mol. The first-order valence-corrected chi connectivity index (χ1v) is 12.5. The van der Waals surface area contributed by atoms with E-state index in [9.17, 15) is 8.42 Å². The molecule has 0 radical (unpaired) electrons. The Morgan fingerprint density at radius 2 is 1.41 bits per heavy atom. The Bertz CT molecular complexity index is 1080. The predicted molar refractivity (Wildman–Crippen MR) is 132 cm³/mol. The van der Waals surface area contributed by atoms with E-state index in [1.807, 2.05) is 54.6 Å². The van der Waals surface area contributed by atoms with Crippen LogP contribution in [0.5, 0.6) is 5.75 Å². The molecule has 0 aromatic heterocycles. The second-order valence-electron chi connectivity index (χ2n) is 7.52. The van der Waals surface area contributed by atoms with E-state index in [2.05, 4.69) is 18.7 Å². The number of benzene rings is 3. The van der Waals surface area contributed by atoms with Crippen molar-refractivity contribution < 1.29 is 13.2 Å². The van der Waals surface area contributed by atoms with Crippen LogP contribution in [0.4, 0.5) is 5.69 Å². The summed E-state index contributed by atoms with van der Waals surface area (Å²) in [6.07, 6.45) is 0.736. The molecule has 6 heteroatoms. The van der Waals surface area contributed by atoms with E-state index in [0.717, 1.165) is 37.2 Å². The third kappa shape index (κ3) is 5.50. The fraction of sp³-hybridized carbons (Fsp3) is 0.308. The first-order chi connectivity index (χ1) is 15.5. The van der Waals surface area contributed by atoms with Crippen LogP contribution in [0.3, 0.4) is 0 Å². The number of hydrogen-bond donors (Lipinski definition) is 0. The largest absolute Gasteiger partial charge is 0.497 e. The quantitative estimate of drug-likeness (QED) is 0.397. The third-order valence-electron chi connectivity index (χ3n) is 5.63. The van der Waals surface area contributed by atoms with Crippen molar-refractivity contribution in [1.82, 2.24) is 4.90 Å². The van der Waals surface area contributed by atoms with Gasteiger partial charge in [-0.15, -0.1) is 0 Å². The maximum Gasteiger partial charge on any atom is 0.264 e. The molecule has 3 aromatic carbocycles. The zero-order chi connectivity index (χ0) is 23.0. The molecular weight excluding hydrogens is 420 g/mol. The van der Waals surface area contributed by atoms with Crippen LogP contribution < -0.4 is 9.04 Å². The molecule has 0 aliphatic rings. The molecule has 5 nitrogen and oxygen atoms in total. The van der Waals surface area contributed by atoms with E-state index in [0.29, 0.717) is 18.0 Å². The Hall–Kier alpha value is -2.83. The van der Waals surface area contributed by atoms with E-state index < -0.39 is 10.0 Å². The number of methoxy groups -OCH3 is 1. The van der Waals surface area contributed by atoms with Gasteiger partial charge in [-0.2, -0.15) is 0 Å². The van der Waals surface area contributed by atoms with E-state index in [1.165, 1.54) is 0 Å². The van der Waals surface area contributed by atoms with E-state index >= 15 is 0 Å². The van der Waals surface area contributed by atoms with Gasteiger partial charge in [0.1, 0.15) is 5.75 Å². The van der Waals surface area contributed by atoms with Crippen LogP contribution in [0, 0.1) is 0 Å². The van der Waals surface area contributed by atoms with Crippen LogP contribution >= 0.6 is 0 Å². The number of para-hydroxylation sites is 1. The lowest BCUT2D eigenvalue weighted by molar-refractivity contribution is 0.302. The van der Waals surface area contributed by atoms with Crippen LogP contribution in [-0.2, 0) is 10.0 Å². The van der Waals surface area contributed by atoms with Gasteiger partial charge in [0.2, 0.25) is 0 Å². The number of sulfonamides is 1. The summed E-state index contributed by atoms with van der Waals surface area (Å²) in [6, 6.07) is 24.2. The van der Waals surface area contributed by atoms with Gasteiger partial charge >= 0.3 is 0 Å². The standard InChI is InChI=1S/C26H32N2O3S/c1-4-27(5-2)20-11-21-28(32(29,30)24-18-16-23(31-3)17-19-24)26-15-10-9-14-25(26)22-12-7-6-8-13-22/h6-10,12-19H,4-5,11,20-21H2,1-3H3. The van der Waals surface area contributed by atoms with Crippen molar-refractivity contribution in [2.45, 2.75) is 25.2 Å². The Balaban J connectivity index is 2.03. The van der Waals surface area contributed by atoms with Gasteiger partial charge in [0.15, 0.2) is 0 Å². The fourth-order valence-electron chi connectivity index (χ4n) is 3.78. The molecule has 32 heavy (non-hydrogen) atoms. The molecule has 3 rings (SSSR count). The van der Waals surface area contributed by atoms with Crippen molar-refractivity contribution in [3.8, 4) is 16.9 Å². The van der Waals surface area contributed by atoms with Crippen LogP contribution in [0.15, 0.2) is 83.8 Å². The Morgan fingerprint density at radius 1 is 0.781 bits per heavy atom. The molecule has 0 saturated carbocycles. The highest BCUT2D eigenvalue weighted by Crippen LogP contribution is 2.34. The molecule has 0 N–H and O–H groups in total. The predicted octanol–water partition coefficient (Wildman–Crippen LogP) is 5.29. The van der Waals surface area contributed by atoms with Crippen molar-refractivity contribution in [2.24, 2.45) is 0 Å². The Labute approximate surface area is 192 Å². The van der Waals surface area contributed by atoms with Crippen molar-refractivity contribution in [3.63, 3.8) is 0 Å². The Morgan fingerprint density at radius 3 is 2.03 bits per heavy atom. The monoisotopic (exact) mass is 452 g/mol. The van der Waals surface area contributed by atoms with Crippen molar-refractivity contribution in [1.29, 1.82) is 0 Å². The van der Waals surface area contributed by atoms with Gasteiger partial charge in [0.25, 0.3) is 10.0 Å². The first kappa shape index (κ1) is 23.8. The summed E-state index contributed by atoms with van der Waals surface area (Å²) >= 11 is 0. The molecule has 0 bridgehead atoms.